The highest BCUT2D eigenvalue weighted by atomic mass is 16.3. The van der Waals surface area contributed by atoms with Crippen molar-refractivity contribution < 1.29 is 5.11 Å². The van der Waals surface area contributed by atoms with E-state index in [9.17, 15) is 9.59 Å². The highest BCUT2D eigenvalue weighted by molar-refractivity contribution is 5.60. The number of rotatable bonds is 7. The van der Waals surface area contributed by atoms with Gasteiger partial charge in [0.15, 0.2) is 0 Å². The topological polar surface area (TPSA) is 113 Å². The zero-order valence-corrected chi connectivity index (χ0v) is 11.4. The van der Waals surface area contributed by atoms with Crippen molar-refractivity contribution in [3.8, 4) is 0 Å². The van der Waals surface area contributed by atoms with Crippen LogP contribution in [-0.2, 0) is 6.54 Å². The van der Waals surface area contributed by atoms with Gasteiger partial charge in [-0.3, -0.25) is 14.3 Å². The molecule has 0 fully saturated rings. The molecule has 1 aromatic heterocycles. The van der Waals surface area contributed by atoms with Gasteiger partial charge in [-0.1, -0.05) is 13.3 Å². The molecule has 1 unspecified atom stereocenters. The number of unbranched alkanes of at least 4 members (excludes halogenated alkanes) is 1. The van der Waals surface area contributed by atoms with Crippen LogP contribution < -0.4 is 22.3 Å². The molecule has 0 spiro atoms. The molecular formula is C12H22N4O3. The van der Waals surface area contributed by atoms with E-state index in [0.29, 0.717) is 13.0 Å². The number of hydrogen-bond donors (Lipinski definition) is 4. The molecule has 0 radical (unpaired) electrons. The highest BCUT2D eigenvalue weighted by Crippen LogP contribution is 2.13. The number of aliphatic hydroxyl groups is 1. The second-order valence-corrected chi connectivity index (χ2v) is 4.58. The first-order valence-electron chi connectivity index (χ1n) is 6.51. The smallest absolute Gasteiger partial charge is 0.330 e. The van der Waals surface area contributed by atoms with E-state index in [1.165, 1.54) is 4.57 Å². The largest absolute Gasteiger partial charge is 0.396 e. The number of aromatic amines is 1. The van der Waals surface area contributed by atoms with Crippen LogP contribution in [0.25, 0.3) is 0 Å². The van der Waals surface area contributed by atoms with Gasteiger partial charge < -0.3 is 16.2 Å². The van der Waals surface area contributed by atoms with Gasteiger partial charge in [-0.05, 0) is 19.8 Å². The van der Waals surface area contributed by atoms with Crippen LogP contribution in [0.3, 0.4) is 0 Å². The van der Waals surface area contributed by atoms with E-state index >= 15 is 0 Å². The Morgan fingerprint density at radius 3 is 2.74 bits per heavy atom. The van der Waals surface area contributed by atoms with E-state index in [4.69, 9.17) is 10.8 Å². The number of nitrogens with two attached hydrogens (primary N) is 1. The summed E-state index contributed by atoms with van der Waals surface area (Å²) in [7, 11) is 0. The molecule has 0 amide bonds. The quantitative estimate of drug-likeness (QED) is 0.561. The van der Waals surface area contributed by atoms with Crippen LogP contribution in [0.4, 0.5) is 11.5 Å². The Kier molecular flexibility index (Phi) is 5.62. The van der Waals surface area contributed by atoms with Crippen LogP contribution in [0.15, 0.2) is 9.59 Å². The fourth-order valence-electron chi connectivity index (χ4n) is 1.78. The van der Waals surface area contributed by atoms with Crippen molar-refractivity contribution >= 4 is 11.5 Å². The van der Waals surface area contributed by atoms with Crippen molar-refractivity contribution in [2.45, 2.75) is 45.7 Å². The summed E-state index contributed by atoms with van der Waals surface area (Å²) in [6.45, 7) is 4.33. The first-order valence-corrected chi connectivity index (χ1v) is 6.51. The molecule has 0 saturated heterocycles. The van der Waals surface area contributed by atoms with Crippen molar-refractivity contribution in [3.63, 3.8) is 0 Å². The average molecular weight is 270 g/mol. The van der Waals surface area contributed by atoms with E-state index < -0.39 is 11.2 Å². The summed E-state index contributed by atoms with van der Waals surface area (Å²) in [4.78, 5) is 25.7. The molecular weight excluding hydrogens is 248 g/mol. The zero-order chi connectivity index (χ0) is 14.4. The van der Waals surface area contributed by atoms with Crippen molar-refractivity contribution in [2.24, 2.45) is 0 Å². The molecule has 0 saturated carbocycles. The molecule has 1 aromatic rings. The lowest BCUT2D eigenvalue weighted by molar-refractivity contribution is 0.282. The zero-order valence-electron chi connectivity index (χ0n) is 11.4. The number of hydrogen-bond acceptors (Lipinski definition) is 5. The van der Waals surface area contributed by atoms with Crippen molar-refractivity contribution in [1.29, 1.82) is 0 Å². The lowest BCUT2D eigenvalue weighted by Crippen LogP contribution is -2.35. The summed E-state index contributed by atoms with van der Waals surface area (Å²) in [6, 6.07) is -0.106. The van der Waals surface area contributed by atoms with Crippen LogP contribution in [0.5, 0.6) is 0 Å². The third-order valence-corrected chi connectivity index (χ3v) is 2.93. The van der Waals surface area contributed by atoms with Crippen molar-refractivity contribution in [1.82, 2.24) is 9.55 Å². The van der Waals surface area contributed by atoms with Gasteiger partial charge in [0.2, 0.25) is 0 Å². The summed E-state index contributed by atoms with van der Waals surface area (Å²) in [5.74, 6) is 0.145. The van der Waals surface area contributed by atoms with E-state index in [1.54, 1.807) is 0 Å². The maximum Gasteiger partial charge on any atom is 0.330 e. The van der Waals surface area contributed by atoms with E-state index in [2.05, 4.69) is 10.3 Å². The van der Waals surface area contributed by atoms with Crippen LogP contribution in [0.1, 0.15) is 33.1 Å². The van der Waals surface area contributed by atoms with Gasteiger partial charge in [0.1, 0.15) is 11.5 Å². The molecule has 1 heterocycles. The van der Waals surface area contributed by atoms with Crippen molar-refractivity contribution in [3.05, 3.63) is 20.8 Å². The third-order valence-electron chi connectivity index (χ3n) is 2.93. The summed E-state index contributed by atoms with van der Waals surface area (Å²) < 4.78 is 1.36. The molecule has 0 aliphatic heterocycles. The van der Waals surface area contributed by atoms with Crippen LogP contribution in [-0.4, -0.2) is 27.3 Å². The van der Waals surface area contributed by atoms with Gasteiger partial charge in [-0.15, -0.1) is 0 Å². The monoisotopic (exact) mass is 270 g/mol. The van der Waals surface area contributed by atoms with Gasteiger partial charge in [0.05, 0.1) is 0 Å². The molecule has 1 rings (SSSR count). The fraction of sp³-hybridized carbons (Fsp3) is 0.667. The molecule has 0 aromatic carbocycles. The number of aliphatic hydroxyl groups excluding tert-OH is 1. The van der Waals surface area contributed by atoms with E-state index in [0.717, 1.165) is 12.8 Å². The summed E-state index contributed by atoms with van der Waals surface area (Å²) in [5, 5.41) is 11.8. The number of anilines is 2. The molecule has 7 nitrogen and oxygen atoms in total. The molecule has 5 N–H and O–H groups in total. The second-order valence-electron chi connectivity index (χ2n) is 4.58. The normalized spacial score (nSPS) is 12.4. The highest BCUT2D eigenvalue weighted by Gasteiger charge is 2.13. The number of H-pyrrole nitrogens is 1. The number of nitrogen functional groups attached to an aromatic ring is 1. The minimum atomic E-state index is -0.528. The van der Waals surface area contributed by atoms with Gasteiger partial charge in [-0.2, -0.15) is 0 Å². The SMILES string of the molecule is CCCCn1c(N)c(NC(C)CCO)c(=O)[nH]c1=O. The van der Waals surface area contributed by atoms with Gasteiger partial charge in [0, 0.05) is 19.2 Å². The van der Waals surface area contributed by atoms with E-state index in [-0.39, 0.29) is 24.2 Å². The molecule has 0 aliphatic rings. The lowest BCUT2D eigenvalue weighted by atomic mass is 10.2. The second kappa shape index (κ2) is 6.98. The predicted molar refractivity (Wildman–Crippen MR) is 75.4 cm³/mol. The first kappa shape index (κ1) is 15.3. The summed E-state index contributed by atoms with van der Waals surface area (Å²) in [6.07, 6.45) is 2.23. The molecule has 0 bridgehead atoms. The Morgan fingerprint density at radius 1 is 1.47 bits per heavy atom. The lowest BCUT2D eigenvalue weighted by Gasteiger charge is -2.17. The number of nitrogens with one attached hydrogen (secondary N) is 2. The molecule has 19 heavy (non-hydrogen) atoms. The van der Waals surface area contributed by atoms with Crippen LogP contribution in [0.2, 0.25) is 0 Å². The van der Waals surface area contributed by atoms with Gasteiger partial charge in [0.25, 0.3) is 5.56 Å². The standard InChI is InChI=1S/C12H22N4O3/c1-3-4-6-16-10(13)9(11(18)15-12(16)19)14-8(2)5-7-17/h8,14,17H,3-7,13H2,1-2H3,(H,15,18,19). The Hall–Kier alpha value is -1.76. The maximum absolute atomic E-state index is 11.8. The third kappa shape index (κ3) is 3.85. The molecule has 108 valence electrons. The van der Waals surface area contributed by atoms with Gasteiger partial charge >= 0.3 is 5.69 Å². The maximum atomic E-state index is 11.8. The van der Waals surface area contributed by atoms with Crippen LogP contribution >= 0.6 is 0 Å². The Labute approximate surface area is 111 Å². The fourth-order valence-corrected chi connectivity index (χ4v) is 1.78. The Morgan fingerprint density at radius 2 is 2.16 bits per heavy atom. The number of nitrogens with zero attached hydrogens (tertiary/aromatic N) is 1. The van der Waals surface area contributed by atoms with Crippen LogP contribution in [0, 0.1) is 0 Å². The molecule has 1 atom stereocenters. The Balaban J connectivity index is 3.10. The van der Waals surface area contributed by atoms with E-state index in [1.807, 2.05) is 13.8 Å². The minimum Gasteiger partial charge on any atom is -0.396 e. The summed E-state index contributed by atoms with van der Waals surface area (Å²) >= 11 is 0. The van der Waals surface area contributed by atoms with Crippen molar-refractivity contribution in [2.75, 3.05) is 17.7 Å². The average Bonchev–Trinajstić information content (AvgIpc) is 2.34. The first-order chi connectivity index (χ1) is 9.01. The minimum absolute atomic E-state index is 0.0153. The number of aromatic nitrogens is 2. The Bertz CT molecular complexity index is 521. The molecule has 7 heteroatoms. The summed E-state index contributed by atoms with van der Waals surface area (Å²) in [5.41, 5.74) is 5.06. The molecule has 0 aliphatic carbocycles. The van der Waals surface area contributed by atoms with Gasteiger partial charge in [-0.25, -0.2) is 4.79 Å². The predicted octanol–water partition coefficient (Wildman–Crippen LogP) is 0.102.